The second-order valence-electron chi connectivity index (χ2n) is 4.39. The second-order valence-corrected chi connectivity index (χ2v) is 5.23. The quantitative estimate of drug-likeness (QED) is 0.703. The Bertz CT molecular complexity index is 819. The number of nitrogens with zero attached hydrogens (tertiary/aromatic N) is 3. The molecule has 7 heteroatoms. The first-order valence-electron chi connectivity index (χ1n) is 5.73. The van der Waals surface area contributed by atoms with Crippen LogP contribution in [0.25, 0.3) is 16.2 Å². The van der Waals surface area contributed by atoms with Gasteiger partial charge in [-0.3, -0.25) is 9.20 Å². The third-order valence-corrected chi connectivity index (χ3v) is 4.02. The van der Waals surface area contributed by atoms with Crippen molar-refractivity contribution < 1.29 is 4.79 Å². The van der Waals surface area contributed by atoms with Crippen molar-refractivity contribution in [1.29, 1.82) is 0 Å². The molecule has 0 unspecified atom stereocenters. The minimum Gasteiger partial charge on any atom is -0.368 e. The maximum atomic E-state index is 11.4. The van der Waals surface area contributed by atoms with Gasteiger partial charge in [0.05, 0.1) is 12.1 Å². The zero-order chi connectivity index (χ0) is 13.0. The number of benzene rings is 1. The number of rotatable bonds is 1. The third-order valence-electron chi connectivity index (χ3n) is 3.20. The molecule has 0 atom stereocenters. The summed E-state index contributed by atoms with van der Waals surface area (Å²) in [6.45, 7) is 0. The van der Waals surface area contributed by atoms with Crippen LogP contribution < -0.4 is 11.1 Å². The predicted octanol–water partition coefficient (Wildman–Crippen LogP) is 1.53. The zero-order valence-electron chi connectivity index (χ0n) is 9.75. The van der Waals surface area contributed by atoms with E-state index in [1.165, 1.54) is 11.3 Å². The van der Waals surface area contributed by atoms with Gasteiger partial charge in [-0.05, 0) is 23.3 Å². The number of carbonyl (C=O) groups is 1. The third kappa shape index (κ3) is 1.45. The first kappa shape index (κ1) is 10.5. The monoisotopic (exact) mass is 271 g/mol. The van der Waals surface area contributed by atoms with Crippen molar-refractivity contribution in [2.75, 3.05) is 11.1 Å². The van der Waals surface area contributed by atoms with E-state index in [4.69, 9.17) is 5.73 Å². The van der Waals surface area contributed by atoms with E-state index in [0.717, 1.165) is 27.5 Å². The summed E-state index contributed by atoms with van der Waals surface area (Å²) in [6.07, 6.45) is 0.425. The fourth-order valence-electron chi connectivity index (χ4n) is 2.33. The van der Waals surface area contributed by atoms with Gasteiger partial charge in [-0.15, -0.1) is 21.5 Å². The lowest BCUT2D eigenvalue weighted by Crippen LogP contribution is -2.03. The highest BCUT2D eigenvalue weighted by Crippen LogP contribution is 2.32. The van der Waals surface area contributed by atoms with Crippen LogP contribution in [0, 0.1) is 0 Å². The zero-order valence-corrected chi connectivity index (χ0v) is 10.6. The number of carbonyl (C=O) groups excluding carboxylic acids is 1. The highest BCUT2D eigenvalue weighted by molar-refractivity contribution is 7.15. The molecule has 3 N–H and O–H groups in total. The Morgan fingerprint density at radius 1 is 1.37 bits per heavy atom. The van der Waals surface area contributed by atoms with Crippen molar-refractivity contribution in [2.45, 2.75) is 6.42 Å². The maximum Gasteiger partial charge on any atom is 0.228 e. The van der Waals surface area contributed by atoms with Crippen molar-refractivity contribution in [3.63, 3.8) is 0 Å². The molecule has 0 fully saturated rings. The molecule has 0 aliphatic carbocycles. The van der Waals surface area contributed by atoms with Gasteiger partial charge in [-0.2, -0.15) is 0 Å². The Labute approximate surface area is 111 Å². The van der Waals surface area contributed by atoms with Gasteiger partial charge in [0.15, 0.2) is 0 Å². The lowest BCUT2D eigenvalue weighted by molar-refractivity contribution is -0.115. The predicted molar refractivity (Wildman–Crippen MR) is 73.0 cm³/mol. The Morgan fingerprint density at radius 3 is 3.16 bits per heavy atom. The molecule has 3 aromatic rings. The fraction of sp³-hybridized carbons (Fsp3) is 0.0833. The molecule has 1 aliphatic heterocycles. The molecule has 94 valence electrons. The minimum atomic E-state index is 0.0337. The van der Waals surface area contributed by atoms with Crippen molar-refractivity contribution in [3.8, 4) is 11.3 Å². The summed E-state index contributed by atoms with van der Waals surface area (Å²) in [5.74, 6) is 0.410. The number of hydrogen-bond donors (Lipinski definition) is 2. The van der Waals surface area contributed by atoms with Crippen molar-refractivity contribution in [2.24, 2.45) is 0 Å². The topological polar surface area (TPSA) is 85.3 Å². The normalized spacial score (nSPS) is 13.8. The molecule has 0 radical (unpaired) electrons. The number of nitrogen functional groups attached to an aromatic ring is 1. The highest BCUT2D eigenvalue weighted by Gasteiger charge is 2.19. The van der Waals surface area contributed by atoms with Gasteiger partial charge in [-0.25, -0.2) is 0 Å². The number of nitrogens with two attached hydrogens (primary N) is 1. The van der Waals surface area contributed by atoms with Gasteiger partial charge in [0.25, 0.3) is 0 Å². The van der Waals surface area contributed by atoms with E-state index < -0.39 is 0 Å². The molecule has 2 aromatic heterocycles. The first-order valence-corrected chi connectivity index (χ1v) is 6.61. The van der Waals surface area contributed by atoms with Gasteiger partial charge in [-0.1, -0.05) is 6.07 Å². The lowest BCUT2D eigenvalue weighted by Gasteiger charge is -2.03. The summed E-state index contributed by atoms with van der Waals surface area (Å²) in [6, 6.07) is 5.89. The molecule has 1 aliphatic rings. The van der Waals surface area contributed by atoms with E-state index >= 15 is 0 Å². The standard InChI is InChI=1S/C12H9N5OS/c13-11-15-16-12-17(11)9(5-19-12)6-1-2-8-7(3-6)4-10(18)14-8/h1-3,5H,4H2,(H2,13,15)(H,14,18). The van der Waals surface area contributed by atoms with Crippen LogP contribution in [-0.4, -0.2) is 20.5 Å². The van der Waals surface area contributed by atoms with Gasteiger partial charge in [0, 0.05) is 11.1 Å². The number of aromatic nitrogens is 3. The van der Waals surface area contributed by atoms with Crippen LogP contribution in [0.5, 0.6) is 0 Å². The van der Waals surface area contributed by atoms with Crippen molar-refractivity contribution in [1.82, 2.24) is 14.6 Å². The van der Waals surface area contributed by atoms with Gasteiger partial charge < -0.3 is 11.1 Å². The number of fused-ring (bicyclic) bond motifs is 2. The molecule has 0 saturated heterocycles. The van der Waals surface area contributed by atoms with Crippen LogP contribution >= 0.6 is 11.3 Å². The average Bonchev–Trinajstić information content (AvgIpc) is 3.04. The minimum absolute atomic E-state index is 0.0337. The Morgan fingerprint density at radius 2 is 2.26 bits per heavy atom. The molecule has 0 saturated carbocycles. The Kier molecular flexibility index (Phi) is 1.96. The number of thiazole rings is 1. The number of hydrogen-bond acceptors (Lipinski definition) is 5. The summed E-state index contributed by atoms with van der Waals surface area (Å²) in [5.41, 5.74) is 9.67. The molecular weight excluding hydrogens is 262 g/mol. The molecular formula is C12H9N5OS. The fourth-order valence-corrected chi connectivity index (χ4v) is 3.17. The van der Waals surface area contributed by atoms with E-state index in [2.05, 4.69) is 15.5 Å². The highest BCUT2D eigenvalue weighted by atomic mass is 32.1. The van der Waals surface area contributed by atoms with Crippen LogP contribution in [0.4, 0.5) is 11.6 Å². The maximum absolute atomic E-state index is 11.4. The van der Waals surface area contributed by atoms with Crippen LogP contribution in [0.2, 0.25) is 0 Å². The molecule has 1 amide bonds. The molecule has 1 aromatic carbocycles. The van der Waals surface area contributed by atoms with E-state index in [-0.39, 0.29) is 5.91 Å². The molecule has 3 heterocycles. The summed E-state index contributed by atoms with van der Waals surface area (Å²) < 4.78 is 1.82. The first-order chi connectivity index (χ1) is 9.22. The van der Waals surface area contributed by atoms with E-state index in [0.29, 0.717) is 12.4 Å². The van der Waals surface area contributed by atoms with Crippen LogP contribution in [0.15, 0.2) is 23.6 Å². The molecule has 19 heavy (non-hydrogen) atoms. The Hall–Kier alpha value is -2.41. The Balaban J connectivity index is 1.91. The average molecular weight is 271 g/mol. The summed E-state index contributed by atoms with van der Waals surface area (Å²) in [4.78, 5) is 12.1. The van der Waals surface area contributed by atoms with Gasteiger partial charge in [0.2, 0.25) is 16.8 Å². The number of amides is 1. The molecule has 0 spiro atoms. The SMILES string of the molecule is Nc1nnc2scc(-c3ccc4c(c3)CC(=O)N4)n12. The molecule has 0 bridgehead atoms. The van der Waals surface area contributed by atoms with Gasteiger partial charge >= 0.3 is 0 Å². The summed E-state index contributed by atoms with van der Waals surface area (Å²) >= 11 is 1.49. The smallest absolute Gasteiger partial charge is 0.228 e. The summed E-state index contributed by atoms with van der Waals surface area (Å²) in [5, 5.41) is 12.7. The van der Waals surface area contributed by atoms with E-state index in [1.807, 2.05) is 28.0 Å². The van der Waals surface area contributed by atoms with E-state index in [9.17, 15) is 4.79 Å². The van der Waals surface area contributed by atoms with Crippen molar-refractivity contribution >= 4 is 33.8 Å². The van der Waals surface area contributed by atoms with Crippen LogP contribution in [0.1, 0.15) is 5.56 Å². The lowest BCUT2D eigenvalue weighted by atomic mass is 10.1. The second kappa shape index (κ2) is 3.55. The molecule has 6 nitrogen and oxygen atoms in total. The largest absolute Gasteiger partial charge is 0.368 e. The van der Waals surface area contributed by atoms with Crippen molar-refractivity contribution in [3.05, 3.63) is 29.1 Å². The van der Waals surface area contributed by atoms with E-state index in [1.54, 1.807) is 0 Å². The number of anilines is 2. The van der Waals surface area contributed by atoms with Gasteiger partial charge in [0.1, 0.15) is 0 Å². The number of nitrogens with one attached hydrogen (secondary N) is 1. The van der Waals surface area contributed by atoms with Crippen LogP contribution in [-0.2, 0) is 11.2 Å². The summed E-state index contributed by atoms with van der Waals surface area (Å²) in [7, 11) is 0. The van der Waals surface area contributed by atoms with Crippen LogP contribution in [0.3, 0.4) is 0 Å². The molecule has 4 rings (SSSR count).